The largest absolute Gasteiger partial charge is 0.497 e. The Morgan fingerprint density at radius 3 is 2.62 bits per heavy atom. The van der Waals surface area contributed by atoms with Crippen LogP contribution in [0.5, 0.6) is 5.75 Å². The second-order valence-corrected chi connectivity index (χ2v) is 5.10. The number of H-pyrrole nitrogens is 1. The topological polar surface area (TPSA) is 114 Å². The van der Waals surface area contributed by atoms with E-state index in [4.69, 9.17) is 9.84 Å². The molecule has 0 spiro atoms. The Morgan fingerprint density at radius 2 is 2.00 bits per heavy atom. The van der Waals surface area contributed by atoms with Gasteiger partial charge in [0.25, 0.3) is 5.56 Å². The minimum Gasteiger partial charge on any atom is -0.497 e. The van der Waals surface area contributed by atoms with Gasteiger partial charge in [0.2, 0.25) is 11.3 Å². The highest BCUT2D eigenvalue weighted by atomic mass is 16.5. The third kappa shape index (κ3) is 2.65. The van der Waals surface area contributed by atoms with Gasteiger partial charge in [-0.05, 0) is 24.3 Å². The van der Waals surface area contributed by atoms with Crippen molar-refractivity contribution in [2.24, 2.45) is 7.05 Å². The van der Waals surface area contributed by atoms with E-state index in [1.807, 2.05) is 0 Å². The summed E-state index contributed by atoms with van der Waals surface area (Å²) < 4.78 is 7.42. The first-order valence-corrected chi connectivity index (χ1v) is 7.21. The van der Waals surface area contributed by atoms with Crippen molar-refractivity contribution in [1.29, 1.82) is 0 Å². The second-order valence-electron chi connectivity index (χ2n) is 5.10. The summed E-state index contributed by atoms with van der Waals surface area (Å²) in [6.07, 6.45) is 0. The molecule has 0 aliphatic heterocycles. The molecule has 0 unspecified atom stereocenters. The van der Waals surface area contributed by atoms with Crippen molar-refractivity contribution < 1.29 is 14.5 Å². The van der Waals surface area contributed by atoms with Crippen LogP contribution < -0.4 is 20.7 Å². The highest BCUT2D eigenvalue weighted by molar-refractivity contribution is 5.67. The average molecular weight is 330 g/mol. The molecule has 0 bridgehead atoms. The van der Waals surface area contributed by atoms with Gasteiger partial charge in [-0.1, -0.05) is 5.10 Å². The van der Waals surface area contributed by atoms with E-state index in [9.17, 15) is 9.59 Å². The van der Waals surface area contributed by atoms with Gasteiger partial charge < -0.3 is 9.84 Å². The Bertz CT molecular complexity index is 1010. The Balaban J connectivity index is 2.24. The monoisotopic (exact) mass is 330 g/mol. The number of aryl methyl sites for hydroxylation is 1. The van der Waals surface area contributed by atoms with Gasteiger partial charge in [0, 0.05) is 5.56 Å². The number of rotatable bonds is 4. The lowest BCUT2D eigenvalue weighted by molar-refractivity contribution is -0.707. The molecule has 0 radical (unpaired) electrons. The zero-order valence-electron chi connectivity index (χ0n) is 13.2. The lowest BCUT2D eigenvalue weighted by atomic mass is 10.2. The first-order valence-electron chi connectivity index (χ1n) is 7.21. The van der Waals surface area contributed by atoms with Crippen LogP contribution in [0.1, 0.15) is 0 Å². The minimum absolute atomic E-state index is 0.0753. The summed E-state index contributed by atoms with van der Waals surface area (Å²) in [5.41, 5.74) is -0.191. The lowest BCUT2D eigenvalue weighted by Crippen LogP contribution is -2.44. The molecule has 2 aromatic heterocycles. The number of aromatic amines is 1. The number of hydrogen-bond acceptors (Lipinski definition) is 6. The van der Waals surface area contributed by atoms with Crippen molar-refractivity contribution in [3.05, 3.63) is 45.1 Å². The normalized spacial score (nSPS) is 11.0. The van der Waals surface area contributed by atoms with Crippen molar-refractivity contribution in [2.75, 3.05) is 13.7 Å². The molecule has 0 aliphatic rings. The molecule has 0 aliphatic carbocycles. The van der Waals surface area contributed by atoms with Crippen LogP contribution in [0.3, 0.4) is 0 Å². The molecule has 0 atom stereocenters. The fourth-order valence-electron chi connectivity index (χ4n) is 2.37. The first-order chi connectivity index (χ1) is 11.5. The van der Waals surface area contributed by atoms with Gasteiger partial charge in [-0.25, -0.2) is 14.3 Å². The summed E-state index contributed by atoms with van der Waals surface area (Å²) in [6, 6.07) is 7.08. The maximum absolute atomic E-state index is 12.5. The van der Waals surface area contributed by atoms with Gasteiger partial charge in [0.15, 0.2) is 0 Å². The van der Waals surface area contributed by atoms with Gasteiger partial charge >= 0.3 is 11.3 Å². The third-order valence-corrected chi connectivity index (χ3v) is 3.60. The molecule has 3 aromatic rings. The fourth-order valence-corrected chi connectivity index (χ4v) is 2.37. The van der Waals surface area contributed by atoms with Gasteiger partial charge in [0.05, 0.1) is 20.3 Å². The zero-order valence-corrected chi connectivity index (χ0v) is 13.2. The molecule has 3 rings (SSSR count). The molecular formula is C15H16N5O4+. The molecule has 1 aromatic carbocycles. The Labute approximate surface area is 135 Å². The van der Waals surface area contributed by atoms with Crippen molar-refractivity contribution in [1.82, 2.24) is 19.6 Å². The van der Waals surface area contributed by atoms with Crippen LogP contribution in [0.25, 0.3) is 22.6 Å². The van der Waals surface area contributed by atoms with Crippen LogP contribution in [0.2, 0.25) is 0 Å². The molecule has 0 fully saturated rings. The third-order valence-electron chi connectivity index (χ3n) is 3.60. The number of aromatic nitrogens is 5. The predicted octanol–water partition coefficient (Wildman–Crippen LogP) is -1.03. The number of methoxy groups -OCH3 is 1. The maximum Gasteiger partial charge on any atom is 0.416 e. The van der Waals surface area contributed by atoms with Crippen molar-refractivity contribution >= 4 is 11.2 Å². The highest BCUT2D eigenvalue weighted by Gasteiger charge is 2.19. The van der Waals surface area contributed by atoms with Crippen molar-refractivity contribution in [2.45, 2.75) is 6.54 Å². The average Bonchev–Trinajstić information content (AvgIpc) is 2.59. The molecule has 2 N–H and O–H groups in total. The molecule has 9 heteroatoms. The highest BCUT2D eigenvalue weighted by Crippen LogP contribution is 2.18. The molecule has 124 valence electrons. The molecular weight excluding hydrogens is 314 g/mol. The van der Waals surface area contributed by atoms with E-state index in [-0.39, 0.29) is 24.3 Å². The van der Waals surface area contributed by atoms with Crippen LogP contribution >= 0.6 is 0 Å². The summed E-state index contributed by atoms with van der Waals surface area (Å²) in [5.74, 6) is 1.03. The van der Waals surface area contributed by atoms with Crippen LogP contribution in [0.4, 0.5) is 0 Å². The summed E-state index contributed by atoms with van der Waals surface area (Å²) in [5, 5.41) is 13.3. The summed E-state index contributed by atoms with van der Waals surface area (Å²) in [6.45, 7) is -0.424. The Hall–Kier alpha value is -3.07. The van der Waals surface area contributed by atoms with E-state index in [2.05, 4.69) is 15.1 Å². The number of nitrogens with one attached hydrogen (secondary N) is 1. The van der Waals surface area contributed by atoms with E-state index in [1.54, 1.807) is 38.4 Å². The lowest BCUT2D eigenvalue weighted by Gasteiger charge is -2.05. The molecule has 9 nitrogen and oxygen atoms in total. The van der Waals surface area contributed by atoms with Gasteiger partial charge in [0.1, 0.15) is 12.8 Å². The van der Waals surface area contributed by atoms with Crippen molar-refractivity contribution in [3.63, 3.8) is 0 Å². The first kappa shape index (κ1) is 15.8. The summed E-state index contributed by atoms with van der Waals surface area (Å²) >= 11 is 0. The summed E-state index contributed by atoms with van der Waals surface area (Å²) in [7, 11) is 3.18. The number of aliphatic hydroxyl groups excluding tert-OH is 1. The van der Waals surface area contributed by atoms with Crippen LogP contribution in [0, 0.1) is 0 Å². The fraction of sp³-hybridized carbons (Fsp3) is 0.267. The molecule has 0 amide bonds. The van der Waals surface area contributed by atoms with E-state index >= 15 is 0 Å². The number of hydrogen-bond donors (Lipinski definition) is 2. The van der Waals surface area contributed by atoms with E-state index < -0.39 is 11.2 Å². The van der Waals surface area contributed by atoms with E-state index in [0.717, 1.165) is 4.57 Å². The second kappa shape index (κ2) is 6.20. The standard InChI is InChI=1S/C15H15N5O4/c1-19-13-11(14(22)20(7-8-21)15(23)17-13)16-12(18-19)9-3-5-10(24-2)6-4-9/h3-6,21H,7-8H2,1-2H3/p+1. The number of nitrogens with zero attached hydrogens (tertiary/aromatic N) is 4. The van der Waals surface area contributed by atoms with Crippen LogP contribution in [0.15, 0.2) is 33.9 Å². The van der Waals surface area contributed by atoms with E-state index in [0.29, 0.717) is 17.1 Å². The quantitative estimate of drug-likeness (QED) is 0.592. The maximum atomic E-state index is 12.5. The predicted molar refractivity (Wildman–Crippen MR) is 84.7 cm³/mol. The minimum atomic E-state index is -0.613. The van der Waals surface area contributed by atoms with Gasteiger partial charge in [-0.15, -0.1) is 4.68 Å². The Morgan fingerprint density at radius 1 is 1.29 bits per heavy atom. The smallest absolute Gasteiger partial charge is 0.416 e. The van der Waals surface area contributed by atoms with Crippen LogP contribution in [-0.4, -0.2) is 38.5 Å². The van der Waals surface area contributed by atoms with Gasteiger partial charge in [-0.2, -0.15) is 4.98 Å². The van der Waals surface area contributed by atoms with Crippen molar-refractivity contribution in [3.8, 4) is 17.1 Å². The molecule has 0 saturated heterocycles. The number of fused-ring (bicyclic) bond motifs is 1. The van der Waals surface area contributed by atoms with Crippen LogP contribution in [-0.2, 0) is 13.6 Å². The molecule has 0 saturated carbocycles. The number of aliphatic hydroxyl groups is 1. The zero-order chi connectivity index (χ0) is 17.3. The SMILES string of the molecule is COc1ccc(-c2nc3c(=O)n(CCO)c(=O)[nH]c3[n+](C)n2)cc1. The molecule has 2 heterocycles. The Kier molecular flexibility index (Phi) is 4.09. The van der Waals surface area contributed by atoms with Gasteiger partial charge in [-0.3, -0.25) is 4.79 Å². The number of ether oxygens (including phenoxy) is 1. The van der Waals surface area contributed by atoms with E-state index in [1.165, 1.54) is 4.68 Å². The summed E-state index contributed by atoms with van der Waals surface area (Å²) in [4.78, 5) is 31.3. The molecule has 24 heavy (non-hydrogen) atoms. The number of benzene rings is 1.